The van der Waals surface area contributed by atoms with Crippen LogP contribution >= 0.6 is 0 Å². The Bertz CT molecular complexity index is 882. The van der Waals surface area contributed by atoms with E-state index in [9.17, 15) is 8.42 Å². The second-order valence-electron chi connectivity index (χ2n) is 6.93. The summed E-state index contributed by atoms with van der Waals surface area (Å²) in [6, 6.07) is 15.0. The molecule has 1 N–H and O–H groups in total. The molecule has 8 heteroatoms. The van der Waals surface area contributed by atoms with Gasteiger partial charge in [-0.15, -0.1) is 0 Å². The highest BCUT2D eigenvalue weighted by atomic mass is 32.2. The van der Waals surface area contributed by atoms with Gasteiger partial charge in [-0.25, -0.2) is 13.1 Å². The average Bonchev–Trinajstić information content (AvgIpc) is 2.77. The van der Waals surface area contributed by atoms with E-state index in [0.29, 0.717) is 18.0 Å². The van der Waals surface area contributed by atoms with Crippen LogP contribution in [0.15, 0.2) is 53.4 Å². The topological polar surface area (TPSA) is 71.1 Å². The van der Waals surface area contributed by atoms with Crippen LogP contribution in [0.2, 0.25) is 0 Å². The Morgan fingerprint density at radius 3 is 2.28 bits per heavy atom. The summed E-state index contributed by atoms with van der Waals surface area (Å²) >= 11 is 0. The first-order valence-corrected chi connectivity index (χ1v) is 11.3. The SMILES string of the molecule is COc1ccc(S(=O)(=O)NCCCN2CCN(c3ccccc3)CC2)cc1OC. The summed E-state index contributed by atoms with van der Waals surface area (Å²) in [4.78, 5) is 4.94. The van der Waals surface area contributed by atoms with E-state index in [1.165, 1.54) is 32.0 Å². The quantitative estimate of drug-likeness (QED) is 0.629. The van der Waals surface area contributed by atoms with Crippen LogP contribution in [0, 0.1) is 0 Å². The zero-order chi connectivity index (χ0) is 20.7. The monoisotopic (exact) mass is 419 g/mol. The Hall–Kier alpha value is -2.29. The average molecular weight is 420 g/mol. The van der Waals surface area contributed by atoms with Crippen LogP contribution in [0.25, 0.3) is 0 Å². The number of sulfonamides is 1. The summed E-state index contributed by atoms with van der Waals surface area (Å²) in [6.45, 7) is 5.21. The van der Waals surface area contributed by atoms with Gasteiger partial charge in [0.1, 0.15) is 0 Å². The van der Waals surface area contributed by atoms with Crippen molar-refractivity contribution in [1.82, 2.24) is 9.62 Å². The molecule has 29 heavy (non-hydrogen) atoms. The van der Waals surface area contributed by atoms with E-state index in [1.807, 2.05) is 6.07 Å². The van der Waals surface area contributed by atoms with Gasteiger partial charge in [0, 0.05) is 44.5 Å². The van der Waals surface area contributed by atoms with Gasteiger partial charge in [-0.2, -0.15) is 0 Å². The van der Waals surface area contributed by atoms with Crippen molar-refractivity contribution in [2.75, 3.05) is 58.4 Å². The molecule has 2 aromatic rings. The van der Waals surface area contributed by atoms with E-state index < -0.39 is 10.0 Å². The predicted molar refractivity (Wildman–Crippen MR) is 114 cm³/mol. The fourth-order valence-corrected chi connectivity index (χ4v) is 4.53. The molecule has 0 aromatic heterocycles. The second-order valence-corrected chi connectivity index (χ2v) is 8.70. The highest BCUT2D eigenvalue weighted by Gasteiger charge is 2.18. The Labute approximate surface area is 173 Å². The molecule has 3 rings (SSSR count). The molecule has 0 unspecified atom stereocenters. The van der Waals surface area contributed by atoms with Crippen LogP contribution in [-0.4, -0.2) is 66.8 Å². The number of benzene rings is 2. The number of methoxy groups -OCH3 is 2. The number of nitrogens with one attached hydrogen (secondary N) is 1. The minimum atomic E-state index is -3.58. The molecule has 2 aromatic carbocycles. The standard InChI is InChI=1S/C21H29N3O4S/c1-27-20-10-9-19(17-21(20)28-2)29(25,26)22-11-6-12-23-13-15-24(16-14-23)18-7-4-3-5-8-18/h3-5,7-10,17,22H,6,11-16H2,1-2H3. The molecule has 0 saturated carbocycles. The molecule has 1 heterocycles. The molecule has 1 aliphatic rings. The van der Waals surface area contributed by atoms with Gasteiger partial charge in [-0.3, -0.25) is 4.90 Å². The molecular formula is C21H29N3O4S. The number of hydrogen-bond donors (Lipinski definition) is 1. The molecule has 1 saturated heterocycles. The van der Waals surface area contributed by atoms with E-state index in [1.54, 1.807) is 6.07 Å². The maximum Gasteiger partial charge on any atom is 0.240 e. The van der Waals surface area contributed by atoms with Crippen molar-refractivity contribution < 1.29 is 17.9 Å². The molecule has 7 nitrogen and oxygen atoms in total. The molecule has 0 atom stereocenters. The molecule has 0 spiro atoms. The van der Waals surface area contributed by atoms with Crippen LogP contribution in [0.1, 0.15) is 6.42 Å². The zero-order valence-electron chi connectivity index (χ0n) is 17.0. The van der Waals surface area contributed by atoms with Crippen molar-refractivity contribution in [3.63, 3.8) is 0 Å². The van der Waals surface area contributed by atoms with Gasteiger partial charge in [-0.05, 0) is 37.2 Å². The fraction of sp³-hybridized carbons (Fsp3) is 0.429. The smallest absolute Gasteiger partial charge is 0.240 e. The first-order valence-electron chi connectivity index (χ1n) is 9.77. The molecule has 158 valence electrons. The van der Waals surface area contributed by atoms with E-state index in [-0.39, 0.29) is 4.90 Å². The number of ether oxygens (including phenoxy) is 2. The Balaban J connectivity index is 1.43. The van der Waals surface area contributed by atoms with Crippen LogP contribution < -0.4 is 19.1 Å². The van der Waals surface area contributed by atoms with E-state index in [2.05, 4.69) is 38.8 Å². The lowest BCUT2D eigenvalue weighted by atomic mass is 10.2. The van der Waals surface area contributed by atoms with Gasteiger partial charge < -0.3 is 14.4 Å². The molecule has 1 aliphatic heterocycles. The predicted octanol–water partition coefficient (Wildman–Crippen LogP) is 2.19. The van der Waals surface area contributed by atoms with Crippen molar-refractivity contribution >= 4 is 15.7 Å². The summed E-state index contributed by atoms with van der Waals surface area (Å²) in [5, 5.41) is 0. The lowest BCUT2D eigenvalue weighted by Gasteiger charge is -2.36. The molecule has 0 aliphatic carbocycles. The van der Waals surface area contributed by atoms with Crippen LogP contribution in [0.5, 0.6) is 11.5 Å². The minimum absolute atomic E-state index is 0.173. The van der Waals surface area contributed by atoms with Gasteiger partial charge in [0.05, 0.1) is 19.1 Å². The van der Waals surface area contributed by atoms with Gasteiger partial charge in [0.2, 0.25) is 10.0 Å². The van der Waals surface area contributed by atoms with Crippen LogP contribution in [-0.2, 0) is 10.0 Å². The maximum absolute atomic E-state index is 12.5. The third-order valence-corrected chi connectivity index (χ3v) is 6.56. The minimum Gasteiger partial charge on any atom is -0.493 e. The lowest BCUT2D eigenvalue weighted by Crippen LogP contribution is -2.47. The van der Waals surface area contributed by atoms with Gasteiger partial charge in [0.25, 0.3) is 0 Å². The van der Waals surface area contributed by atoms with Crippen molar-refractivity contribution in [1.29, 1.82) is 0 Å². The molecule has 1 fully saturated rings. The summed E-state index contributed by atoms with van der Waals surface area (Å²) in [5.74, 6) is 0.896. The highest BCUT2D eigenvalue weighted by Crippen LogP contribution is 2.29. The first-order chi connectivity index (χ1) is 14.0. The molecule has 0 bridgehead atoms. The first kappa shape index (κ1) is 21.4. The van der Waals surface area contributed by atoms with Crippen molar-refractivity contribution in [2.45, 2.75) is 11.3 Å². The maximum atomic E-state index is 12.5. The number of hydrogen-bond acceptors (Lipinski definition) is 6. The van der Waals surface area contributed by atoms with Gasteiger partial charge in [-0.1, -0.05) is 18.2 Å². The van der Waals surface area contributed by atoms with E-state index >= 15 is 0 Å². The third kappa shape index (κ3) is 5.62. The van der Waals surface area contributed by atoms with Crippen molar-refractivity contribution in [3.05, 3.63) is 48.5 Å². The summed E-state index contributed by atoms with van der Waals surface area (Å²) in [6.07, 6.45) is 0.762. The van der Waals surface area contributed by atoms with Gasteiger partial charge in [0.15, 0.2) is 11.5 Å². The second kappa shape index (κ2) is 9.96. The van der Waals surface area contributed by atoms with E-state index in [0.717, 1.165) is 39.1 Å². The largest absolute Gasteiger partial charge is 0.493 e. The van der Waals surface area contributed by atoms with Crippen molar-refractivity contribution in [3.8, 4) is 11.5 Å². The fourth-order valence-electron chi connectivity index (χ4n) is 3.44. The zero-order valence-corrected chi connectivity index (χ0v) is 17.8. The number of para-hydroxylation sites is 1. The number of nitrogens with zero attached hydrogens (tertiary/aromatic N) is 2. The normalized spacial score (nSPS) is 15.3. The number of anilines is 1. The Kier molecular flexibility index (Phi) is 7.35. The third-order valence-electron chi connectivity index (χ3n) is 5.10. The Morgan fingerprint density at radius 2 is 1.62 bits per heavy atom. The molecular weight excluding hydrogens is 390 g/mol. The molecule has 0 amide bonds. The van der Waals surface area contributed by atoms with Gasteiger partial charge >= 0.3 is 0 Å². The Morgan fingerprint density at radius 1 is 0.931 bits per heavy atom. The summed E-state index contributed by atoms with van der Waals surface area (Å²) in [7, 11) is -0.575. The van der Waals surface area contributed by atoms with Crippen LogP contribution in [0.4, 0.5) is 5.69 Å². The van der Waals surface area contributed by atoms with Crippen LogP contribution in [0.3, 0.4) is 0 Å². The number of rotatable bonds is 9. The summed E-state index contributed by atoms with van der Waals surface area (Å²) < 4.78 is 38.1. The summed E-state index contributed by atoms with van der Waals surface area (Å²) in [5.41, 5.74) is 1.26. The highest BCUT2D eigenvalue weighted by molar-refractivity contribution is 7.89. The number of piperazine rings is 1. The molecule has 0 radical (unpaired) electrons. The van der Waals surface area contributed by atoms with Crippen molar-refractivity contribution in [2.24, 2.45) is 0 Å². The lowest BCUT2D eigenvalue weighted by molar-refractivity contribution is 0.255. The van der Waals surface area contributed by atoms with E-state index in [4.69, 9.17) is 9.47 Å².